The van der Waals surface area contributed by atoms with Crippen molar-refractivity contribution in [3.05, 3.63) is 305 Å². The Kier molecular flexibility index (Phi) is 13.0. The van der Waals surface area contributed by atoms with Gasteiger partial charge in [0.25, 0.3) is 0 Å². The third kappa shape index (κ3) is 11.3. The summed E-state index contributed by atoms with van der Waals surface area (Å²) >= 11 is 19.5. The van der Waals surface area contributed by atoms with Gasteiger partial charge in [-0.15, -0.1) is 0 Å². The molecule has 0 amide bonds. The van der Waals surface area contributed by atoms with Crippen LogP contribution in [0.5, 0.6) is 0 Å². The van der Waals surface area contributed by atoms with E-state index in [1.165, 1.54) is 22.3 Å². The first-order valence-corrected chi connectivity index (χ1v) is 31.0. The molecule has 12 heteroatoms. The highest BCUT2D eigenvalue weighted by Crippen LogP contribution is 2.42. The predicted octanol–water partition coefficient (Wildman–Crippen LogP) is 22.9. The Hall–Kier alpha value is -11.1. The first kappa shape index (κ1) is 47.8. The predicted molar refractivity (Wildman–Crippen MR) is 382 cm³/mol. The Morgan fingerprint density at radius 1 is 0.344 bits per heavy atom. The maximum absolute atomic E-state index is 8.57. The highest BCUT2D eigenvalue weighted by molar-refractivity contribution is 6.39. The van der Waals surface area contributed by atoms with Crippen molar-refractivity contribution in [2.75, 3.05) is 0 Å². The molecule has 18 rings (SSSR count). The van der Waals surface area contributed by atoms with Gasteiger partial charge >= 0.3 is 0 Å². The van der Waals surface area contributed by atoms with Crippen molar-refractivity contribution in [2.45, 2.75) is 20.3 Å². The summed E-state index contributed by atoms with van der Waals surface area (Å²) < 4.78 is 97.1. The SMILES string of the molecule is CC.[2H]c1c([2H])c([2H])c(-c2nc(-c3ccccc3)nc(-c3ccc4c(c3)oc3c(Cl)cc(-n5c6ccccc6c6ccccc65)cc34)n2)c([2H])c1[2H].[2H]c1c([2H])c([2H])c(-c2nc(-c3ccccc3)nc(-c3ccc4c(c3)oc3c(Cl)cc(Cl)cc34)n2)c([2H])c1[2H].c1ccc2c(c1)Cc1ccccc1-2. The van der Waals surface area contributed by atoms with Crippen molar-refractivity contribution in [1.82, 2.24) is 34.5 Å². The molecule has 0 fully saturated rings. The zero-order valence-electron chi connectivity index (χ0n) is 59.6. The number of nitrogens with zero attached hydrogens (tertiary/aromatic N) is 7. The number of benzene rings is 12. The van der Waals surface area contributed by atoms with Gasteiger partial charge in [0, 0.05) is 76.4 Å². The number of furan rings is 2. The smallest absolute Gasteiger partial charge is 0.164 e. The van der Waals surface area contributed by atoms with E-state index >= 15 is 0 Å². The number of fused-ring (bicyclic) bond motifs is 12. The van der Waals surface area contributed by atoms with E-state index in [9.17, 15) is 0 Å². The van der Waals surface area contributed by atoms with Crippen LogP contribution >= 0.6 is 34.8 Å². The Morgan fingerprint density at radius 2 is 0.731 bits per heavy atom. The van der Waals surface area contributed by atoms with Gasteiger partial charge in [0.05, 0.1) is 34.8 Å². The van der Waals surface area contributed by atoms with E-state index in [4.69, 9.17) is 62.3 Å². The molecule has 5 heterocycles. The average molecular weight is 1270 g/mol. The lowest BCUT2D eigenvalue weighted by Gasteiger charge is -2.09. The van der Waals surface area contributed by atoms with Crippen molar-refractivity contribution < 1.29 is 22.5 Å². The number of hydrogen-bond donors (Lipinski definition) is 0. The summed E-state index contributed by atoms with van der Waals surface area (Å²) in [5, 5.41) is 6.90. The van der Waals surface area contributed by atoms with Crippen molar-refractivity contribution in [2.24, 2.45) is 0 Å². The van der Waals surface area contributed by atoms with E-state index in [2.05, 4.69) is 108 Å². The second kappa shape index (κ2) is 25.3. The fraction of sp³-hybridized carbons (Fsp3) is 0.0370. The molecule has 0 saturated carbocycles. The van der Waals surface area contributed by atoms with Crippen LogP contribution in [0.2, 0.25) is 15.1 Å². The molecule has 0 bridgehead atoms. The van der Waals surface area contributed by atoms with Gasteiger partial charge in [0.1, 0.15) is 11.2 Å². The first-order chi connectivity index (χ1) is 50.0. The van der Waals surface area contributed by atoms with Gasteiger partial charge in [-0.3, -0.25) is 0 Å². The van der Waals surface area contributed by atoms with Crippen LogP contribution in [0.4, 0.5) is 0 Å². The zero-order valence-corrected chi connectivity index (χ0v) is 51.8. The molecule has 0 N–H and O–H groups in total. The van der Waals surface area contributed by atoms with Gasteiger partial charge in [-0.25, -0.2) is 29.9 Å². The quantitative estimate of drug-likeness (QED) is 0.155. The van der Waals surface area contributed by atoms with Gasteiger partial charge in [-0.05, 0) is 89.3 Å². The normalized spacial score (nSPS) is 13.0. The molecule has 12 aromatic carbocycles. The van der Waals surface area contributed by atoms with E-state index in [0.29, 0.717) is 65.5 Å². The van der Waals surface area contributed by atoms with E-state index in [-0.39, 0.29) is 40.2 Å². The Morgan fingerprint density at radius 3 is 1.20 bits per heavy atom. The largest absolute Gasteiger partial charge is 0.454 e. The number of aromatic nitrogens is 7. The van der Waals surface area contributed by atoms with Crippen LogP contribution in [0.15, 0.2) is 288 Å². The van der Waals surface area contributed by atoms with E-state index in [0.717, 1.165) is 55.5 Å². The van der Waals surface area contributed by atoms with Crippen LogP contribution in [0.25, 0.3) is 151 Å². The van der Waals surface area contributed by atoms with E-state index in [1.54, 1.807) is 18.2 Å². The maximum Gasteiger partial charge on any atom is 0.164 e. The van der Waals surface area contributed by atoms with Gasteiger partial charge in [-0.2, -0.15) is 0 Å². The molecular weight excluding hydrogens is 1210 g/mol. The highest BCUT2D eigenvalue weighted by atomic mass is 35.5. The average Bonchev–Trinajstić information content (AvgIpc) is 1.64. The first-order valence-electron chi connectivity index (χ1n) is 34.9. The van der Waals surface area contributed by atoms with Crippen molar-refractivity contribution in [3.63, 3.8) is 0 Å². The number of para-hydroxylation sites is 2. The molecule has 0 spiro atoms. The third-order valence-electron chi connectivity index (χ3n) is 15.8. The second-order valence-corrected chi connectivity index (χ2v) is 22.7. The topological polar surface area (TPSA) is 109 Å². The molecule has 5 aromatic heterocycles. The summed E-state index contributed by atoms with van der Waals surface area (Å²) in [7, 11) is 0. The summed E-state index contributed by atoms with van der Waals surface area (Å²) in [4.78, 5) is 27.7. The standard InChI is InChI=1S/C39H23ClN4O.C27H15Cl2N3O.C13H10.C2H6/c40-32-23-27(44-33-17-9-7-15-28(33)29-16-8-10-18-34(29)44)22-31-30-20-19-26(21-35(30)45-36(31)32)39-42-37(24-11-3-1-4-12-24)41-38(43-39)25-13-5-2-6-14-25;28-19-14-21-20-12-11-18(13-23(20)33-24(21)22(29)15-19)27-31-25(16-7-3-1-4-8-16)30-26(32-27)17-9-5-2-6-10-17;1-3-7-12-10(5-1)9-11-6-2-4-8-13(11)12;1-2/h1-23H;1-15H;1-8H,9H2;1-2H3/i1D,3D,4D,11D,12D;1D,3D,4D,7D,8D;;. The summed E-state index contributed by atoms with van der Waals surface area (Å²) in [5.74, 6) is 1.00. The minimum atomic E-state index is -0.490. The molecular formula is C81H54Cl3N7O2. The molecule has 0 unspecified atom stereocenters. The van der Waals surface area contributed by atoms with Gasteiger partial charge in [0.2, 0.25) is 0 Å². The fourth-order valence-corrected chi connectivity index (χ4v) is 12.5. The van der Waals surface area contributed by atoms with Gasteiger partial charge in [0.15, 0.2) is 46.1 Å². The molecule has 0 aliphatic heterocycles. The lowest BCUT2D eigenvalue weighted by atomic mass is 10.1. The van der Waals surface area contributed by atoms with Gasteiger partial charge in [-0.1, -0.05) is 267 Å². The fourth-order valence-electron chi connectivity index (χ4n) is 11.7. The van der Waals surface area contributed by atoms with Crippen molar-refractivity contribution in [1.29, 1.82) is 0 Å². The number of hydrogen-bond acceptors (Lipinski definition) is 8. The van der Waals surface area contributed by atoms with E-state index in [1.807, 2.05) is 135 Å². The van der Waals surface area contributed by atoms with Crippen LogP contribution in [-0.2, 0) is 6.42 Å². The summed E-state index contributed by atoms with van der Waals surface area (Å²) in [5.41, 5.74) is 13.2. The molecule has 1 aliphatic carbocycles. The molecule has 17 aromatic rings. The monoisotopic (exact) mass is 1270 g/mol. The molecule has 9 nitrogen and oxygen atoms in total. The Bertz CT molecular complexity index is 6120. The lowest BCUT2D eigenvalue weighted by Crippen LogP contribution is -2.00. The zero-order chi connectivity index (χ0) is 71.6. The summed E-state index contributed by atoms with van der Waals surface area (Å²) in [6.07, 6.45) is 1.10. The summed E-state index contributed by atoms with van der Waals surface area (Å²) in [6, 6.07) is 66.3. The van der Waals surface area contributed by atoms with Crippen molar-refractivity contribution in [3.8, 4) is 85.1 Å². The molecule has 0 saturated heterocycles. The summed E-state index contributed by atoms with van der Waals surface area (Å²) in [6.45, 7) is 4.00. The number of rotatable bonds is 7. The third-order valence-corrected chi connectivity index (χ3v) is 16.6. The molecule has 93 heavy (non-hydrogen) atoms. The molecule has 0 radical (unpaired) electrons. The Balaban J connectivity index is 0.000000141. The minimum Gasteiger partial charge on any atom is -0.454 e. The lowest BCUT2D eigenvalue weighted by molar-refractivity contribution is 0.668. The van der Waals surface area contributed by atoms with E-state index < -0.39 is 60.4 Å². The van der Waals surface area contributed by atoms with Crippen LogP contribution < -0.4 is 0 Å². The number of halogens is 3. The molecule has 1 aliphatic rings. The molecule has 446 valence electrons. The minimum absolute atomic E-state index is 0.0329. The van der Waals surface area contributed by atoms with Crippen LogP contribution in [-0.4, -0.2) is 34.5 Å². The second-order valence-electron chi connectivity index (χ2n) is 21.4. The molecule has 0 atom stereocenters. The Labute approximate surface area is 564 Å². The van der Waals surface area contributed by atoms with Gasteiger partial charge < -0.3 is 13.4 Å². The maximum atomic E-state index is 8.57. The van der Waals surface area contributed by atoms with Crippen molar-refractivity contribution >= 4 is 100 Å². The van der Waals surface area contributed by atoms with Crippen LogP contribution in [0.1, 0.15) is 38.7 Å². The van der Waals surface area contributed by atoms with Crippen LogP contribution in [0, 0.1) is 0 Å². The van der Waals surface area contributed by atoms with Crippen LogP contribution in [0.3, 0.4) is 0 Å². The highest BCUT2D eigenvalue weighted by Gasteiger charge is 2.21.